The molecular weight excluding hydrogens is 402 g/mol. The Morgan fingerprint density at radius 2 is 1.73 bits per heavy atom. The van der Waals surface area contributed by atoms with Crippen LogP contribution >= 0.6 is 0 Å². The number of hydrogen-bond acceptors (Lipinski definition) is 5. The van der Waals surface area contributed by atoms with Crippen molar-refractivity contribution in [3.63, 3.8) is 0 Å². The summed E-state index contributed by atoms with van der Waals surface area (Å²) >= 11 is 0. The number of fused-ring (bicyclic) bond motifs is 1. The Balaban J connectivity index is 1.72. The Morgan fingerprint density at radius 1 is 0.967 bits per heavy atom. The minimum absolute atomic E-state index is 0.140. The van der Waals surface area contributed by atoms with Gasteiger partial charge in [-0.1, -0.05) is 6.07 Å². The SMILES string of the molecule is COc1ccc(S(=O)(=O)Nc2cc(-c3cn4ccccc4n3)ccc2OC)cc1C. The molecule has 0 aliphatic carbocycles. The molecule has 8 heteroatoms. The Hall–Kier alpha value is -3.52. The van der Waals surface area contributed by atoms with Gasteiger partial charge in [-0.25, -0.2) is 13.4 Å². The van der Waals surface area contributed by atoms with E-state index < -0.39 is 10.0 Å². The fraction of sp³-hybridized carbons (Fsp3) is 0.136. The number of hydrogen-bond donors (Lipinski definition) is 1. The number of aryl methyl sites for hydroxylation is 1. The molecule has 7 nitrogen and oxygen atoms in total. The second kappa shape index (κ2) is 7.72. The van der Waals surface area contributed by atoms with Gasteiger partial charge < -0.3 is 13.9 Å². The van der Waals surface area contributed by atoms with Crippen molar-refractivity contribution in [2.75, 3.05) is 18.9 Å². The fourth-order valence-corrected chi connectivity index (χ4v) is 4.39. The molecule has 0 unspecified atom stereocenters. The summed E-state index contributed by atoms with van der Waals surface area (Å²) in [5, 5.41) is 0. The van der Waals surface area contributed by atoms with Crippen LogP contribution in [0.15, 0.2) is 71.9 Å². The molecule has 154 valence electrons. The van der Waals surface area contributed by atoms with Gasteiger partial charge in [0.15, 0.2) is 0 Å². The number of anilines is 1. The van der Waals surface area contributed by atoms with E-state index in [1.807, 2.05) is 41.1 Å². The first-order chi connectivity index (χ1) is 14.4. The number of nitrogens with zero attached hydrogens (tertiary/aromatic N) is 2. The summed E-state index contributed by atoms with van der Waals surface area (Å²) in [6, 6.07) is 15.7. The predicted octanol–water partition coefficient (Wildman–Crippen LogP) is 4.13. The van der Waals surface area contributed by atoms with Crippen LogP contribution in [0.25, 0.3) is 16.9 Å². The van der Waals surface area contributed by atoms with Crippen LogP contribution in [-0.2, 0) is 10.0 Å². The van der Waals surface area contributed by atoms with Crippen LogP contribution in [0.1, 0.15) is 5.56 Å². The minimum atomic E-state index is -3.83. The van der Waals surface area contributed by atoms with Crippen LogP contribution in [-0.4, -0.2) is 32.0 Å². The lowest BCUT2D eigenvalue weighted by molar-refractivity contribution is 0.411. The number of benzene rings is 2. The van der Waals surface area contributed by atoms with Crippen molar-refractivity contribution >= 4 is 21.4 Å². The predicted molar refractivity (Wildman–Crippen MR) is 116 cm³/mol. The van der Waals surface area contributed by atoms with Crippen molar-refractivity contribution in [1.29, 1.82) is 0 Å². The Bertz CT molecular complexity index is 1300. The molecule has 0 fully saturated rings. The molecule has 0 radical (unpaired) electrons. The summed E-state index contributed by atoms with van der Waals surface area (Å²) in [4.78, 5) is 4.74. The topological polar surface area (TPSA) is 81.9 Å². The van der Waals surface area contributed by atoms with Gasteiger partial charge in [0.25, 0.3) is 10.0 Å². The number of rotatable bonds is 6. The molecule has 2 aromatic heterocycles. The van der Waals surface area contributed by atoms with Crippen LogP contribution < -0.4 is 14.2 Å². The molecule has 2 heterocycles. The van der Waals surface area contributed by atoms with Crippen molar-refractivity contribution in [2.24, 2.45) is 0 Å². The zero-order chi connectivity index (χ0) is 21.3. The number of ether oxygens (including phenoxy) is 2. The highest BCUT2D eigenvalue weighted by Crippen LogP contribution is 2.32. The van der Waals surface area contributed by atoms with Gasteiger partial charge in [0, 0.05) is 18.0 Å². The molecule has 4 rings (SSSR count). The first-order valence-corrected chi connectivity index (χ1v) is 10.7. The maximum Gasteiger partial charge on any atom is 0.262 e. The van der Waals surface area contributed by atoms with E-state index in [0.29, 0.717) is 17.2 Å². The zero-order valence-electron chi connectivity index (χ0n) is 16.8. The van der Waals surface area contributed by atoms with Crippen molar-refractivity contribution in [2.45, 2.75) is 11.8 Å². The highest BCUT2D eigenvalue weighted by Gasteiger charge is 2.19. The third kappa shape index (κ3) is 3.69. The highest BCUT2D eigenvalue weighted by molar-refractivity contribution is 7.92. The maximum absolute atomic E-state index is 13.0. The van der Waals surface area contributed by atoms with E-state index >= 15 is 0 Å². The van der Waals surface area contributed by atoms with Gasteiger partial charge >= 0.3 is 0 Å². The summed E-state index contributed by atoms with van der Waals surface area (Å²) < 4.78 is 41.1. The van der Waals surface area contributed by atoms with Crippen LogP contribution in [0.3, 0.4) is 0 Å². The van der Waals surface area contributed by atoms with Crippen LogP contribution in [0.4, 0.5) is 5.69 Å². The standard InChI is InChI=1S/C22H21N3O4S/c1-15-12-17(8-10-20(15)28-2)30(26,27)24-18-13-16(7-9-21(18)29-3)19-14-25-11-5-4-6-22(25)23-19/h4-14,24H,1-3H3. The van der Waals surface area contributed by atoms with Crippen LogP contribution in [0.5, 0.6) is 11.5 Å². The molecule has 1 N–H and O–H groups in total. The largest absolute Gasteiger partial charge is 0.496 e. The molecule has 0 atom stereocenters. The molecule has 4 aromatic rings. The van der Waals surface area contributed by atoms with E-state index in [0.717, 1.165) is 22.5 Å². The molecule has 0 saturated heterocycles. The minimum Gasteiger partial charge on any atom is -0.496 e. The third-order valence-electron chi connectivity index (χ3n) is 4.78. The monoisotopic (exact) mass is 423 g/mol. The van der Waals surface area contributed by atoms with Gasteiger partial charge in [-0.3, -0.25) is 4.72 Å². The van der Waals surface area contributed by atoms with Crippen LogP contribution in [0, 0.1) is 6.92 Å². The average Bonchev–Trinajstić information content (AvgIpc) is 3.17. The van der Waals surface area contributed by atoms with Crippen LogP contribution in [0.2, 0.25) is 0 Å². The average molecular weight is 423 g/mol. The first kappa shape index (κ1) is 19.8. The molecule has 0 aliphatic rings. The summed E-state index contributed by atoms with van der Waals surface area (Å²) in [7, 11) is -0.787. The third-order valence-corrected chi connectivity index (χ3v) is 6.14. The van der Waals surface area contributed by atoms with E-state index in [1.165, 1.54) is 13.2 Å². The maximum atomic E-state index is 13.0. The van der Waals surface area contributed by atoms with Crippen molar-refractivity contribution < 1.29 is 17.9 Å². The number of sulfonamides is 1. The first-order valence-electron chi connectivity index (χ1n) is 9.21. The van der Waals surface area contributed by atoms with E-state index in [-0.39, 0.29) is 4.90 Å². The Kier molecular flexibility index (Phi) is 5.09. The van der Waals surface area contributed by atoms with E-state index in [4.69, 9.17) is 9.47 Å². The molecule has 0 amide bonds. The van der Waals surface area contributed by atoms with Gasteiger partial charge in [0.05, 0.1) is 30.5 Å². The van der Waals surface area contributed by atoms with E-state index in [1.54, 1.807) is 38.3 Å². The van der Waals surface area contributed by atoms with E-state index in [2.05, 4.69) is 9.71 Å². The molecular formula is C22H21N3O4S. The normalized spacial score (nSPS) is 11.4. The summed E-state index contributed by atoms with van der Waals surface area (Å²) in [5.41, 5.74) is 3.36. The number of methoxy groups -OCH3 is 2. The van der Waals surface area contributed by atoms with E-state index in [9.17, 15) is 8.42 Å². The van der Waals surface area contributed by atoms with Gasteiger partial charge in [-0.15, -0.1) is 0 Å². The molecule has 0 aliphatic heterocycles. The Morgan fingerprint density at radius 3 is 2.43 bits per heavy atom. The second-order valence-corrected chi connectivity index (χ2v) is 8.43. The Labute approximate surface area is 175 Å². The quantitative estimate of drug-likeness (QED) is 0.504. The van der Waals surface area contributed by atoms with Gasteiger partial charge in [-0.05, 0) is 61.0 Å². The summed E-state index contributed by atoms with van der Waals surface area (Å²) in [6.07, 6.45) is 3.80. The summed E-state index contributed by atoms with van der Waals surface area (Å²) in [6.45, 7) is 1.79. The number of imidazole rings is 1. The smallest absolute Gasteiger partial charge is 0.262 e. The molecule has 0 saturated carbocycles. The van der Waals surface area contributed by atoms with Gasteiger partial charge in [0.1, 0.15) is 17.1 Å². The lowest BCUT2D eigenvalue weighted by Gasteiger charge is -2.14. The number of nitrogens with one attached hydrogen (secondary N) is 1. The lowest BCUT2D eigenvalue weighted by atomic mass is 10.1. The van der Waals surface area contributed by atoms with Crippen molar-refractivity contribution in [1.82, 2.24) is 9.38 Å². The second-order valence-electron chi connectivity index (χ2n) is 6.74. The summed E-state index contributed by atoms with van der Waals surface area (Å²) in [5.74, 6) is 1.04. The fourth-order valence-electron chi connectivity index (χ4n) is 3.24. The molecule has 2 aromatic carbocycles. The number of pyridine rings is 1. The van der Waals surface area contributed by atoms with Crippen molar-refractivity contribution in [3.05, 3.63) is 72.6 Å². The molecule has 0 spiro atoms. The zero-order valence-corrected chi connectivity index (χ0v) is 17.6. The highest BCUT2D eigenvalue weighted by atomic mass is 32.2. The van der Waals surface area contributed by atoms with Gasteiger partial charge in [-0.2, -0.15) is 0 Å². The van der Waals surface area contributed by atoms with Gasteiger partial charge in [0.2, 0.25) is 0 Å². The lowest BCUT2D eigenvalue weighted by Crippen LogP contribution is -2.14. The molecule has 0 bridgehead atoms. The number of aromatic nitrogens is 2. The van der Waals surface area contributed by atoms with Crippen molar-refractivity contribution in [3.8, 4) is 22.8 Å². The molecule has 30 heavy (non-hydrogen) atoms.